The topological polar surface area (TPSA) is 21.3 Å². The Labute approximate surface area is 119 Å². The van der Waals surface area contributed by atoms with E-state index in [1.54, 1.807) is 6.07 Å². The first-order chi connectivity index (χ1) is 9.19. The summed E-state index contributed by atoms with van der Waals surface area (Å²) >= 11 is 6.13. The minimum Gasteiger partial charge on any atom is -0.378 e. The van der Waals surface area contributed by atoms with Crippen LogP contribution in [0.25, 0.3) is 0 Å². The molecule has 1 aromatic rings. The molecule has 1 fully saturated rings. The van der Waals surface area contributed by atoms with Crippen LogP contribution in [0.1, 0.15) is 31.7 Å². The van der Waals surface area contributed by atoms with Gasteiger partial charge in [-0.3, -0.25) is 0 Å². The summed E-state index contributed by atoms with van der Waals surface area (Å²) in [4.78, 5) is 0. The molecule has 2 nitrogen and oxygen atoms in total. The van der Waals surface area contributed by atoms with Crippen molar-refractivity contribution in [3.63, 3.8) is 0 Å². The minimum atomic E-state index is -0.230. The Kier molecular flexibility index (Phi) is 5.61. The van der Waals surface area contributed by atoms with Crippen molar-refractivity contribution in [3.05, 3.63) is 34.6 Å². The highest BCUT2D eigenvalue weighted by Crippen LogP contribution is 2.22. The Morgan fingerprint density at radius 1 is 1.53 bits per heavy atom. The molecule has 2 rings (SSSR count). The first-order valence-electron chi connectivity index (χ1n) is 6.98. The zero-order valence-corrected chi connectivity index (χ0v) is 12.0. The SMILES string of the molecule is CCNC(Cc1cc(F)ccc1Cl)CC1CCCO1. The Bertz CT molecular complexity index is 407. The van der Waals surface area contributed by atoms with Gasteiger partial charge in [-0.25, -0.2) is 4.39 Å². The van der Waals surface area contributed by atoms with E-state index in [4.69, 9.17) is 16.3 Å². The molecule has 1 aliphatic rings. The van der Waals surface area contributed by atoms with E-state index in [1.807, 2.05) is 0 Å². The van der Waals surface area contributed by atoms with Gasteiger partial charge in [0.2, 0.25) is 0 Å². The summed E-state index contributed by atoms with van der Waals surface area (Å²) in [6.07, 6.45) is 4.30. The average molecular weight is 286 g/mol. The molecule has 0 spiro atoms. The molecule has 1 heterocycles. The number of hydrogen-bond donors (Lipinski definition) is 1. The zero-order valence-electron chi connectivity index (χ0n) is 11.3. The number of hydrogen-bond acceptors (Lipinski definition) is 2. The largest absolute Gasteiger partial charge is 0.378 e. The van der Waals surface area contributed by atoms with Gasteiger partial charge in [0.05, 0.1) is 6.10 Å². The van der Waals surface area contributed by atoms with Crippen LogP contribution in [-0.4, -0.2) is 25.3 Å². The minimum absolute atomic E-state index is 0.230. The van der Waals surface area contributed by atoms with Crippen LogP contribution in [0.15, 0.2) is 18.2 Å². The molecular weight excluding hydrogens is 265 g/mol. The zero-order chi connectivity index (χ0) is 13.7. The molecule has 0 amide bonds. The Balaban J connectivity index is 2.00. The van der Waals surface area contributed by atoms with E-state index in [0.717, 1.165) is 44.4 Å². The lowest BCUT2D eigenvalue weighted by Gasteiger charge is -2.21. The van der Waals surface area contributed by atoms with Crippen molar-refractivity contribution in [2.75, 3.05) is 13.2 Å². The molecule has 1 saturated heterocycles. The van der Waals surface area contributed by atoms with Gasteiger partial charge < -0.3 is 10.1 Å². The number of ether oxygens (including phenoxy) is 1. The third kappa shape index (κ3) is 4.44. The molecule has 0 saturated carbocycles. The molecule has 0 radical (unpaired) electrons. The molecule has 2 atom stereocenters. The second-order valence-electron chi connectivity index (χ2n) is 5.07. The fraction of sp³-hybridized carbons (Fsp3) is 0.600. The maximum Gasteiger partial charge on any atom is 0.123 e. The molecule has 1 aromatic carbocycles. The summed E-state index contributed by atoms with van der Waals surface area (Å²) in [5.74, 6) is -0.230. The Hall–Kier alpha value is -0.640. The third-order valence-electron chi connectivity index (χ3n) is 3.54. The van der Waals surface area contributed by atoms with Gasteiger partial charge in [0.25, 0.3) is 0 Å². The van der Waals surface area contributed by atoms with Crippen LogP contribution in [0, 0.1) is 5.82 Å². The van der Waals surface area contributed by atoms with Gasteiger partial charge in [0.15, 0.2) is 0 Å². The number of halogens is 2. The number of likely N-dealkylation sites (N-methyl/N-ethyl adjacent to an activating group) is 1. The first-order valence-corrected chi connectivity index (χ1v) is 7.35. The number of benzene rings is 1. The van der Waals surface area contributed by atoms with E-state index in [9.17, 15) is 4.39 Å². The molecule has 0 aromatic heterocycles. The molecule has 1 aliphatic heterocycles. The van der Waals surface area contributed by atoms with Gasteiger partial charge in [0.1, 0.15) is 5.82 Å². The second-order valence-corrected chi connectivity index (χ2v) is 5.47. The van der Waals surface area contributed by atoms with Crippen LogP contribution in [0.3, 0.4) is 0 Å². The highest BCUT2D eigenvalue weighted by Gasteiger charge is 2.21. The van der Waals surface area contributed by atoms with Crippen LogP contribution in [0.5, 0.6) is 0 Å². The Morgan fingerprint density at radius 3 is 3.05 bits per heavy atom. The standard InChI is InChI=1S/C15H21ClFNO/c1-2-18-13(10-14-4-3-7-19-14)9-11-8-12(17)5-6-15(11)16/h5-6,8,13-14,18H,2-4,7,9-10H2,1H3. The average Bonchev–Trinajstić information content (AvgIpc) is 2.87. The van der Waals surface area contributed by atoms with Gasteiger partial charge in [-0.05, 0) is 56.0 Å². The third-order valence-corrected chi connectivity index (χ3v) is 3.91. The molecule has 2 unspecified atom stereocenters. The van der Waals surface area contributed by atoms with Crippen molar-refractivity contribution in [1.29, 1.82) is 0 Å². The second kappa shape index (κ2) is 7.22. The molecule has 4 heteroatoms. The van der Waals surface area contributed by atoms with Crippen molar-refractivity contribution in [3.8, 4) is 0 Å². The fourth-order valence-corrected chi connectivity index (χ4v) is 2.83. The van der Waals surface area contributed by atoms with Gasteiger partial charge in [-0.15, -0.1) is 0 Å². The van der Waals surface area contributed by atoms with Crippen molar-refractivity contribution >= 4 is 11.6 Å². The lowest BCUT2D eigenvalue weighted by atomic mass is 9.99. The van der Waals surface area contributed by atoms with Crippen molar-refractivity contribution in [1.82, 2.24) is 5.32 Å². The Morgan fingerprint density at radius 2 is 2.37 bits per heavy atom. The maximum absolute atomic E-state index is 13.3. The summed E-state index contributed by atoms with van der Waals surface area (Å²) in [6.45, 7) is 3.84. The number of rotatable bonds is 6. The maximum atomic E-state index is 13.3. The lowest BCUT2D eigenvalue weighted by Crippen LogP contribution is -2.34. The van der Waals surface area contributed by atoms with Gasteiger partial charge >= 0.3 is 0 Å². The quantitative estimate of drug-likeness (QED) is 0.863. The van der Waals surface area contributed by atoms with E-state index >= 15 is 0 Å². The summed E-state index contributed by atoms with van der Waals surface area (Å²) in [7, 11) is 0. The first kappa shape index (κ1) is 14.8. The van der Waals surface area contributed by atoms with Crippen molar-refractivity contribution in [2.45, 2.75) is 44.8 Å². The fourth-order valence-electron chi connectivity index (χ4n) is 2.64. The molecule has 106 valence electrons. The monoisotopic (exact) mass is 285 g/mol. The van der Waals surface area contributed by atoms with E-state index in [-0.39, 0.29) is 11.9 Å². The van der Waals surface area contributed by atoms with E-state index in [0.29, 0.717) is 11.1 Å². The predicted molar refractivity (Wildman–Crippen MR) is 76.2 cm³/mol. The summed E-state index contributed by atoms with van der Waals surface area (Å²) in [6, 6.07) is 4.84. The normalized spacial score (nSPS) is 20.7. The number of nitrogens with one attached hydrogen (secondary N) is 1. The molecule has 1 N–H and O–H groups in total. The van der Waals surface area contributed by atoms with E-state index in [1.165, 1.54) is 12.1 Å². The van der Waals surface area contributed by atoms with E-state index in [2.05, 4.69) is 12.2 Å². The van der Waals surface area contributed by atoms with Crippen molar-refractivity contribution in [2.24, 2.45) is 0 Å². The van der Waals surface area contributed by atoms with Crippen LogP contribution in [0.4, 0.5) is 4.39 Å². The molecule has 19 heavy (non-hydrogen) atoms. The van der Waals surface area contributed by atoms with Gasteiger partial charge in [0, 0.05) is 17.7 Å². The van der Waals surface area contributed by atoms with Crippen molar-refractivity contribution < 1.29 is 9.13 Å². The van der Waals surface area contributed by atoms with Crippen LogP contribution >= 0.6 is 11.6 Å². The lowest BCUT2D eigenvalue weighted by molar-refractivity contribution is 0.0947. The van der Waals surface area contributed by atoms with Crippen LogP contribution < -0.4 is 5.32 Å². The van der Waals surface area contributed by atoms with Crippen LogP contribution in [0.2, 0.25) is 5.02 Å². The van der Waals surface area contributed by atoms with Gasteiger partial charge in [-0.1, -0.05) is 18.5 Å². The predicted octanol–water partition coefficient (Wildman–Crippen LogP) is 3.57. The van der Waals surface area contributed by atoms with Crippen LogP contribution in [-0.2, 0) is 11.2 Å². The summed E-state index contributed by atoms with van der Waals surface area (Å²) < 4.78 is 19.0. The highest BCUT2D eigenvalue weighted by molar-refractivity contribution is 6.31. The smallest absolute Gasteiger partial charge is 0.123 e. The summed E-state index contributed by atoms with van der Waals surface area (Å²) in [5, 5.41) is 4.08. The molecule has 0 aliphatic carbocycles. The molecule has 0 bridgehead atoms. The summed E-state index contributed by atoms with van der Waals surface area (Å²) in [5.41, 5.74) is 0.866. The molecular formula is C15H21ClFNO. The van der Waals surface area contributed by atoms with E-state index < -0.39 is 0 Å². The van der Waals surface area contributed by atoms with Gasteiger partial charge in [-0.2, -0.15) is 0 Å². The highest BCUT2D eigenvalue weighted by atomic mass is 35.5.